The highest BCUT2D eigenvalue weighted by Gasteiger charge is 2.10. The maximum absolute atomic E-state index is 12.0. The number of pyridine rings is 1. The van der Waals surface area contributed by atoms with Crippen LogP contribution in [0.5, 0.6) is 5.75 Å². The number of aromatic nitrogens is 3. The van der Waals surface area contributed by atoms with Crippen molar-refractivity contribution in [1.82, 2.24) is 14.8 Å². The van der Waals surface area contributed by atoms with Gasteiger partial charge in [0.1, 0.15) is 11.8 Å². The standard InChI is InChI=1S/C17H15N5O2/c1-11-14-7-13(9-19-17(14)22(2)21-11)20-16(23)10-24-15-6-4-3-5-12(15)8-18/h3-7,9H,10H2,1-2H3,(H,20,23). The number of ether oxygens (including phenoxy) is 1. The monoisotopic (exact) mass is 321 g/mol. The molecule has 0 bridgehead atoms. The van der Waals surface area contributed by atoms with E-state index in [0.29, 0.717) is 17.0 Å². The minimum absolute atomic E-state index is 0.192. The molecule has 0 spiro atoms. The average Bonchev–Trinajstić information content (AvgIpc) is 2.87. The maximum Gasteiger partial charge on any atom is 0.262 e. The lowest BCUT2D eigenvalue weighted by Gasteiger charge is -2.08. The Balaban J connectivity index is 1.69. The molecule has 0 saturated heterocycles. The largest absolute Gasteiger partial charge is 0.482 e. The number of benzene rings is 1. The molecule has 2 heterocycles. The summed E-state index contributed by atoms with van der Waals surface area (Å²) in [7, 11) is 1.82. The van der Waals surface area contributed by atoms with Crippen molar-refractivity contribution in [3.8, 4) is 11.8 Å². The van der Waals surface area contributed by atoms with E-state index in [-0.39, 0.29) is 12.5 Å². The number of aryl methyl sites for hydroxylation is 2. The minimum atomic E-state index is -0.328. The summed E-state index contributed by atoms with van der Waals surface area (Å²) in [6.45, 7) is 1.69. The predicted molar refractivity (Wildman–Crippen MR) is 88.5 cm³/mol. The number of fused-ring (bicyclic) bond motifs is 1. The van der Waals surface area contributed by atoms with Gasteiger partial charge in [-0.05, 0) is 25.1 Å². The van der Waals surface area contributed by atoms with Crippen LogP contribution in [0.25, 0.3) is 11.0 Å². The first-order valence-electron chi connectivity index (χ1n) is 7.29. The van der Waals surface area contributed by atoms with Crippen LogP contribution in [0.3, 0.4) is 0 Å². The normalized spacial score (nSPS) is 10.4. The predicted octanol–water partition coefficient (Wildman–Crippen LogP) is 2.17. The first-order chi connectivity index (χ1) is 11.6. The van der Waals surface area contributed by atoms with Crippen molar-refractivity contribution in [3.63, 3.8) is 0 Å². The smallest absolute Gasteiger partial charge is 0.262 e. The SMILES string of the molecule is Cc1nn(C)c2ncc(NC(=O)COc3ccccc3C#N)cc12. The summed E-state index contributed by atoms with van der Waals surface area (Å²) in [6.07, 6.45) is 1.57. The van der Waals surface area contributed by atoms with Crippen molar-refractivity contribution in [2.45, 2.75) is 6.92 Å². The quantitative estimate of drug-likeness (QED) is 0.795. The number of hydrogen-bond donors (Lipinski definition) is 1. The van der Waals surface area contributed by atoms with E-state index in [2.05, 4.69) is 15.4 Å². The van der Waals surface area contributed by atoms with Crippen molar-refractivity contribution in [2.24, 2.45) is 7.05 Å². The molecule has 0 saturated carbocycles. The Hall–Kier alpha value is -3.40. The number of carbonyl (C=O) groups is 1. The fourth-order valence-corrected chi connectivity index (χ4v) is 2.40. The molecule has 0 aliphatic heterocycles. The number of hydrogen-bond acceptors (Lipinski definition) is 5. The molecule has 1 aromatic carbocycles. The molecule has 120 valence electrons. The van der Waals surface area contributed by atoms with Gasteiger partial charge in [0.2, 0.25) is 0 Å². The van der Waals surface area contributed by atoms with Crippen molar-refractivity contribution in [2.75, 3.05) is 11.9 Å². The average molecular weight is 321 g/mol. The Morgan fingerprint density at radius 2 is 2.21 bits per heavy atom. The van der Waals surface area contributed by atoms with Crippen LogP contribution >= 0.6 is 0 Å². The zero-order valence-corrected chi connectivity index (χ0v) is 13.3. The van der Waals surface area contributed by atoms with Crippen molar-refractivity contribution >= 4 is 22.6 Å². The summed E-state index contributed by atoms with van der Waals surface area (Å²) in [6, 6.07) is 10.6. The molecule has 3 aromatic rings. The van der Waals surface area contributed by atoms with Gasteiger partial charge in [-0.3, -0.25) is 9.48 Å². The van der Waals surface area contributed by atoms with Crippen LogP contribution in [0.15, 0.2) is 36.5 Å². The Labute approximate surface area is 138 Å². The second-order valence-corrected chi connectivity index (χ2v) is 5.25. The van der Waals surface area contributed by atoms with E-state index < -0.39 is 0 Å². The van der Waals surface area contributed by atoms with E-state index in [4.69, 9.17) is 10.00 Å². The van der Waals surface area contributed by atoms with Gasteiger partial charge < -0.3 is 10.1 Å². The molecule has 7 heteroatoms. The van der Waals surface area contributed by atoms with E-state index in [1.165, 1.54) is 0 Å². The molecule has 7 nitrogen and oxygen atoms in total. The van der Waals surface area contributed by atoms with Crippen LogP contribution in [0, 0.1) is 18.3 Å². The Kier molecular flexibility index (Phi) is 4.12. The molecular formula is C17H15N5O2. The van der Waals surface area contributed by atoms with Crippen LogP contribution < -0.4 is 10.1 Å². The number of nitrogens with zero attached hydrogens (tertiary/aromatic N) is 4. The summed E-state index contributed by atoms with van der Waals surface area (Å²) in [5.41, 5.74) is 2.56. The van der Waals surface area contributed by atoms with Gasteiger partial charge in [-0.15, -0.1) is 0 Å². The second kappa shape index (κ2) is 6.38. The summed E-state index contributed by atoms with van der Waals surface area (Å²) >= 11 is 0. The minimum Gasteiger partial charge on any atom is -0.482 e. The lowest BCUT2D eigenvalue weighted by molar-refractivity contribution is -0.118. The third-order valence-electron chi connectivity index (χ3n) is 3.51. The van der Waals surface area contributed by atoms with Crippen molar-refractivity contribution < 1.29 is 9.53 Å². The highest BCUT2D eigenvalue weighted by atomic mass is 16.5. The van der Waals surface area contributed by atoms with Gasteiger partial charge in [-0.2, -0.15) is 10.4 Å². The van der Waals surface area contributed by atoms with Crippen molar-refractivity contribution in [3.05, 3.63) is 47.8 Å². The van der Waals surface area contributed by atoms with Crippen LogP contribution in [0.1, 0.15) is 11.3 Å². The zero-order chi connectivity index (χ0) is 17.1. The van der Waals surface area contributed by atoms with Gasteiger partial charge in [-0.1, -0.05) is 12.1 Å². The van der Waals surface area contributed by atoms with E-state index in [1.807, 2.05) is 26.1 Å². The summed E-state index contributed by atoms with van der Waals surface area (Å²) in [5, 5.41) is 16.9. The first-order valence-corrected chi connectivity index (χ1v) is 7.29. The molecule has 0 aliphatic carbocycles. The highest BCUT2D eigenvalue weighted by Crippen LogP contribution is 2.19. The van der Waals surface area contributed by atoms with E-state index in [9.17, 15) is 4.79 Å². The Morgan fingerprint density at radius 3 is 3.00 bits per heavy atom. The molecule has 3 rings (SSSR count). The van der Waals surface area contributed by atoms with E-state index >= 15 is 0 Å². The topological polar surface area (TPSA) is 92.8 Å². The van der Waals surface area contributed by atoms with Crippen LogP contribution in [-0.4, -0.2) is 27.3 Å². The molecule has 2 aromatic heterocycles. The summed E-state index contributed by atoms with van der Waals surface area (Å²) in [5.74, 6) is 0.0530. The molecule has 24 heavy (non-hydrogen) atoms. The summed E-state index contributed by atoms with van der Waals surface area (Å²) < 4.78 is 7.10. The number of nitrogens with one attached hydrogen (secondary N) is 1. The summed E-state index contributed by atoms with van der Waals surface area (Å²) in [4.78, 5) is 16.3. The van der Waals surface area contributed by atoms with Gasteiger partial charge in [-0.25, -0.2) is 4.98 Å². The number of para-hydroxylation sites is 1. The Morgan fingerprint density at radius 1 is 1.42 bits per heavy atom. The highest BCUT2D eigenvalue weighted by molar-refractivity contribution is 5.94. The molecule has 0 fully saturated rings. The van der Waals surface area contributed by atoms with Gasteiger partial charge in [0.05, 0.1) is 23.1 Å². The second-order valence-electron chi connectivity index (χ2n) is 5.25. The third-order valence-corrected chi connectivity index (χ3v) is 3.51. The van der Waals surface area contributed by atoms with Crippen LogP contribution in [0.2, 0.25) is 0 Å². The molecular weight excluding hydrogens is 306 g/mol. The van der Waals surface area contributed by atoms with Crippen LogP contribution in [-0.2, 0) is 11.8 Å². The van der Waals surface area contributed by atoms with E-state index in [0.717, 1.165) is 16.7 Å². The number of rotatable bonds is 4. The number of amides is 1. The third kappa shape index (κ3) is 3.03. The van der Waals surface area contributed by atoms with Crippen LogP contribution in [0.4, 0.5) is 5.69 Å². The van der Waals surface area contributed by atoms with Gasteiger partial charge in [0.25, 0.3) is 5.91 Å². The lowest BCUT2D eigenvalue weighted by atomic mass is 10.2. The zero-order valence-electron chi connectivity index (χ0n) is 13.3. The lowest BCUT2D eigenvalue weighted by Crippen LogP contribution is -2.20. The molecule has 0 unspecified atom stereocenters. The number of carbonyl (C=O) groups excluding carboxylic acids is 1. The maximum atomic E-state index is 12.0. The first kappa shape index (κ1) is 15.5. The fourth-order valence-electron chi connectivity index (χ4n) is 2.40. The van der Waals surface area contributed by atoms with Crippen molar-refractivity contribution in [1.29, 1.82) is 5.26 Å². The molecule has 0 aliphatic rings. The number of nitriles is 1. The Bertz CT molecular complexity index is 955. The van der Waals surface area contributed by atoms with Gasteiger partial charge in [0, 0.05) is 12.4 Å². The molecule has 1 amide bonds. The fraction of sp³-hybridized carbons (Fsp3) is 0.176. The van der Waals surface area contributed by atoms with Gasteiger partial charge >= 0.3 is 0 Å². The molecule has 0 radical (unpaired) electrons. The number of anilines is 1. The molecule has 1 N–H and O–H groups in total. The van der Waals surface area contributed by atoms with Gasteiger partial charge in [0.15, 0.2) is 12.3 Å². The molecule has 0 atom stereocenters. The van der Waals surface area contributed by atoms with E-state index in [1.54, 1.807) is 35.1 Å².